The second kappa shape index (κ2) is 8.46. The Morgan fingerprint density at radius 3 is 2.87 bits per heavy atom. The number of benzene rings is 2. The van der Waals surface area contributed by atoms with Gasteiger partial charge in [-0.25, -0.2) is 13.4 Å². The average molecular weight is 442 g/mol. The molecule has 162 valence electrons. The number of fused-ring (bicyclic) bond motifs is 3. The Labute approximate surface area is 180 Å². The van der Waals surface area contributed by atoms with Crippen LogP contribution >= 0.6 is 0 Å². The Bertz CT molecular complexity index is 1190. The number of hydrogen-bond acceptors (Lipinski definition) is 8. The summed E-state index contributed by atoms with van der Waals surface area (Å²) < 4.78 is 30.4. The number of nitro groups is 1. The lowest BCUT2D eigenvalue weighted by molar-refractivity contribution is -0.386. The number of amidine groups is 1. The maximum Gasteiger partial charge on any atom is 0.315 e. The highest BCUT2D eigenvalue weighted by atomic mass is 32.2. The van der Waals surface area contributed by atoms with Gasteiger partial charge in [0.25, 0.3) is 0 Å². The smallest absolute Gasteiger partial charge is 0.315 e. The molecule has 2 heterocycles. The Balaban J connectivity index is 1.69. The average Bonchev–Trinajstić information content (AvgIpc) is 2.73. The minimum atomic E-state index is -3.45. The fourth-order valence-electron chi connectivity index (χ4n) is 3.70. The minimum absolute atomic E-state index is 0.00380. The van der Waals surface area contributed by atoms with E-state index in [0.717, 1.165) is 36.6 Å². The molecule has 9 nitrogen and oxygen atoms in total. The molecule has 0 saturated carbocycles. The summed E-state index contributed by atoms with van der Waals surface area (Å²) in [5.74, 6) is 0.755. The van der Waals surface area contributed by atoms with Gasteiger partial charge in [-0.05, 0) is 37.1 Å². The summed E-state index contributed by atoms with van der Waals surface area (Å²) in [6.45, 7) is 3.31. The van der Waals surface area contributed by atoms with Crippen LogP contribution in [0.1, 0.15) is 30.9 Å². The van der Waals surface area contributed by atoms with E-state index < -0.39 is 20.5 Å². The zero-order chi connectivity index (χ0) is 22.0. The summed E-state index contributed by atoms with van der Waals surface area (Å²) in [4.78, 5) is 22.2. The number of ether oxygens (including phenoxy) is 1. The number of nitrogens with zero attached hydrogens (tertiary/aromatic N) is 4. The predicted molar refractivity (Wildman–Crippen MR) is 118 cm³/mol. The monoisotopic (exact) mass is 442 g/mol. The Kier molecular flexibility index (Phi) is 5.73. The molecule has 0 N–H and O–H groups in total. The van der Waals surface area contributed by atoms with Crippen molar-refractivity contribution >= 4 is 33.4 Å². The molecule has 2 aliphatic rings. The number of aliphatic imine (C=N–C) groups is 2. The fourth-order valence-corrected chi connectivity index (χ4v) is 5.17. The first-order valence-electron chi connectivity index (χ1n) is 10.0. The van der Waals surface area contributed by atoms with Crippen molar-refractivity contribution in [3.05, 3.63) is 57.6 Å². The van der Waals surface area contributed by atoms with Gasteiger partial charge in [0, 0.05) is 24.2 Å². The van der Waals surface area contributed by atoms with Crippen LogP contribution in [0.2, 0.25) is 0 Å². The van der Waals surface area contributed by atoms with Crippen molar-refractivity contribution < 1.29 is 18.1 Å². The zero-order valence-corrected chi connectivity index (χ0v) is 17.8. The van der Waals surface area contributed by atoms with Crippen molar-refractivity contribution in [1.82, 2.24) is 4.90 Å². The molecular weight excluding hydrogens is 420 g/mol. The summed E-state index contributed by atoms with van der Waals surface area (Å²) in [5.41, 5.74) is 1.32. The van der Waals surface area contributed by atoms with Gasteiger partial charge in [-0.1, -0.05) is 19.1 Å². The molecule has 10 heteroatoms. The molecule has 31 heavy (non-hydrogen) atoms. The summed E-state index contributed by atoms with van der Waals surface area (Å²) in [5, 5.41) is 11.8. The summed E-state index contributed by atoms with van der Waals surface area (Å²) in [6.07, 6.45) is 3.15. The van der Waals surface area contributed by atoms with Crippen molar-refractivity contribution in [2.75, 3.05) is 18.8 Å². The molecule has 0 radical (unpaired) electrons. The maximum atomic E-state index is 12.2. The maximum absolute atomic E-state index is 12.2. The topological polar surface area (TPSA) is 114 Å². The quantitative estimate of drug-likeness (QED) is 0.475. The second-order valence-electron chi connectivity index (χ2n) is 7.39. The molecule has 0 fully saturated rings. The Morgan fingerprint density at radius 2 is 2.10 bits per heavy atom. The highest BCUT2D eigenvalue weighted by molar-refractivity contribution is 7.90. The molecule has 2 aliphatic heterocycles. The van der Waals surface area contributed by atoms with E-state index in [1.807, 2.05) is 4.90 Å². The Hall–Kier alpha value is -3.27. The summed E-state index contributed by atoms with van der Waals surface area (Å²) in [7, 11) is -3.45. The largest absolute Gasteiger partial charge is 0.450 e. The lowest BCUT2D eigenvalue weighted by Gasteiger charge is -2.29. The van der Waals surface area contributed by atoms with Gasteiger partial charge in [-0.2, -0.15) is 0 Å². The predicted octanol–water partition coefficient (Wildman–Crippen LogP) is 3.84. The van der Waals surface area contributed by atoms with Gasteiger partial charge in [-0.3, -0.25) is 15.1 Å². The van der Waals surface area contributed by atoms with Gasteiger partial charge in [0.15, 0.2) is 9.84 Å². The van der Waals surface area contributed by atoms with E-state index in [2.05, 4.69) is 9.98 Å². The number of hydrogen-bond donors (Lipinski definition) is 0. The molecular formula is C21H22N4O5S. The van der Waals surface area contributed by atoms with E-state index in [-0.39, 0.29) is 22.8 Å². The number of sulfone groups is 1. The molecule has 0 unspecified atom stereocenters. The lowest BCUT2D eigenvalue weighted by Crippen LogP contribution is -2.36. The van der Waals surface area contributed by atoms with Crippen LogP contribution in [0, 0.1) is 10.1 Å². The van der Waals surface area contributed by atoms with E-state index >= 15 is 0 Å². The van der Waals surface area contributed by atoms with Crippen molar-refractivity contribution in [3.8, 4) is 11.5 Å². The second-order valence-corrected chi connectivity index (χ2v) is 9.57. The first-order chi connectivity index (χ1) is 14.9. The van der Waals surface area contributed by atoms with Crippen molar-refractivity contribution in [1.29, 1.82) is 0 Å². The van der Waals surface area contributed by atoms with Gasteiger partial charge in [0.05, 0.1) is 28.5 Å². The van der Waals surface area contributed by atoms with Crippen LogP contribution < -0.4 is 4.74 Å². The van der Waals surface area contributed by atoms with E-state index in [0.29, 0.717) is 12.2 Å². The molecule has 4 rings (SSSR count). The fraction of sp³-hybridized carbons (Fsp3) is 0.333. The van der Waals surface area contributed by atoms with E-state index in [9.17, 15) is 18.5 Å². The third kappa shape index (κ3) is 4.43. The SMILES string of the molecule is CCCS(=O)(=O)Cc1cccc(Oc2ccc3c(c2)C2=NCCCN2C=N3)c1[N+](=O)[O-]. The van der Waals surface area contributed by atoms with E-state index in [1.165, 1.54) is 12.1 Å². The van der Waals surface area contributed by atoms with Crippen molar-refractivity contribution in [3.63, 3.8) is 0 Å². The highest BCUT2D eigenvalue weighted by Gasteiger charge is 2.26. The third-order valence-electron chi connectivity index (χ3n) is 5.02. The normalized spacial score (nSPS) is 15.1. The minimum Gasteiger partial charge on any atom is -0.450 e. The molecule has 0 atom stereocenters. The molecule has 2 aromatic rings. The molecule has 0 saturated heterocycles. The first-order valence-corrected chi connectivity index (χ1v) is 11.8. The molecule has 0 amide bonds. The third-order valence-corrected chi connectivity index (χ3v) is 6.80. The molecule has 0 aliphatic carbocycles. The standard InChI is InChI=1S/C21H22N4O5S/c1-2-11-31(28,29)13-15-5-3-6-19(20(15)25(26)27)30-16-7-8-18-17(12-16)21-22-9-4-10-24(21)14-23-18/h3,5-8,12,14H,2,4,9-11,13H2,1H3. The van der Waals surface area contributed by atoms with Gasteiger partial charge >= 0.3 is 5.69 Å². The van der Waals surface area contributed by atoms with Crippen LogP contribution in [0.25, 0.3) is 0 Å². The van der Waals surface area contributed by atoms with Crippen LogP contribution in [0.3, 0.4) is 0 Å². The van der Waals surface area contributed by atoms with E-state index in [1.54, 1.807) is 37.5 Å². The Morgan fingerprint density at radius 1 is 1.26 bits per heavy atom. The molecule has 0 aromatic heterocycles. The highest BCUT2D eigenvalue weighted by Crippen LogP contribution is 2.37. The van der Waals surface area contributed by atoms with Gasteiger partial charge in [0.1, 0.15) is 11.6 Å². The van der Waals surface area contributed by atoms with Crippen LogP contribution in [0.5, 0.6) is 11.5 Å². The van der Waals surface area contributed by atoms with Crippen LogP contribution in [0.4, 0.5) is 11.4 Å². The summed E-state index contributed by atoms with van der Waals surface area (Å²) >= 11 is 0. The zero-order valence-electron chi connectivity index (χ0n) is 17.0. The van der Waals surface area contributed by atoms with Gasteiger partial charge in [-0.15, -0.1) is 0 Å². The number of nitro benzene ring substituents is 1. The van der Waals surface area contributed by atoms with Crippen molar-refractivity contribution in [2.45, 2.75) is 25.5 Å². The van der Waals surface area contributed by atoms with Gasteiger partial charge in [0.2, 0.25) is 5.75 Å². The van der Waals surface area contributed by atoms with Gasteiger partial charge < -0.3 is 9.64 Å². The molecule has 0 bridgehead atoms. The first kappa shape index (κ1) is 21.0. The van der Waals surface area contributed by atoms with E-state index in [4.69, 9.17) is 4.74 Å². The number of rotatable bonds is 7. The molecule has 0 spiro atoms. The molecule has 2 aromatic carbocycles. The number of para-hydroxylation sites is 1. The lowest BCUT2D eigenvalue weighted by atomic mass is 10.1. The van der Waals surface area contributed by atoms with Crippen molar-refractivity contribution in [2.24, 2.45) is 9.98 Å². The van der Waals surface area contributed by atoms with Crippen LogP contribution in [-0.4, -0.2) is 49.3 Å². The van der Waals surface area contributed by atoms with Crippen LogP contribution in [-0.2, 0) is 15.6 Å². The summed E-state index contributed by atoms with van der Waals surface area (Å²) in [6, 6.07) is 9.70. The van der Waals surface area contributed by atoms with Crippen LogP contribution in [0.15, 0.2) is 46.4 Å².